The van der Waals surface area contributed by atoms with Crippen LogP contribution in [-0.2, 0) is 14.3 Å². The first-order valence-corrected chi connectivity index (χ1v) is 7.58. The lowest BCUT2D eigenvalue weighted by atomic mass is 9.82. The number of carbonyl (C=O) groups is 2. The van der Waals surface area contributed by atoms with Crippen molar-refractivity contribution in [2.45, 2.75) is 64.4 Å². The highest BCUT2D eigenvalue weighted by Crippen LogP contribution is 2.63. The minimum Gasteiger partial charge on any atom is -0.481 e. The number of carboxylic acids is 1. The Kier molecular flexibility index (Phi) is 5.76. The normalized spacial score (nSPS) is 25.4. The molecule has 0 saturated heterocycles. The lowest BCUT2D eigenvalue weighted by Crippen LogP contribution is -2.39. The number of esters is 1. The van der Waals surface area contributed by atoms with E-state index < -0.39 is 72.8 Å². The second-order valence-corrected chi connectivity index (χ2v) is 7.31. The molecule has 2 unspecified atom stereocenters. The van der Waals surface area contributed by atoms with Gasteiger partial charge in [-0.3, -0.25) is 9.59 Å². The van der Waals surface area contributed by atoms with Crippen molar-refractivity contribution in [3.05, 3.63) is 0 Å². The largest absolute Gasteiger partial charge is 0.481 e. The molecule has 0 aromatic rings. The van der Waals surface area contributed by atoms with Gasteiger partial charge in [-0.2, -0.15) is 26.3 Å². The molecule has 0 heterocycles. The number of rotatable bonds is 6. The maximum absolute atomic E-state index is 12.6. The van der Waals surface area contributed by atoms with E-state index in [1.807, 2.05) is 0 Å². The Hall–Kier alpha value is -1.48. The maximum Gasteiger partial charge on any atom is 0.389 e. The zero-order valence-corrected chi connectivity index (χ0v) is 13.9. The molecule has 25 heavy (non-hydrogen) atoms. The number of carboxylic acid groups (broad SMARTS) is 1. The van der Waals surface area contributed by atoms with Crippen LogP contribution in [0, 0.1) is 17.3 Å². The Morgan fingerprint density at radius 3 is 2.00 bits per heavy atom. The van der Waals surface area contributed by atoms with Crippen LogP contribution in [0.5, 0.6) is 0 Å². The highest BCUT2D eigenvalue weighted by atomic mass is 19.4. The average molecular weight is 378 g/mol. The van der Waals surface area contributed by atoms with Crippen LogP contribution in [0.2, 0.25) is 0 Å². The summed E-state index contributed by atoms with van der Waals surface area (Å²) in [6, 6.07) is 0. The van der Waals surface area contributed by atoms with Crippen LogP contribution in [-0.4, -0.2) is 35.0 Å². The van der Waals surface area contributed by atoms with Crippen LogP contribution in [0.1, 0.15) is 46.5 Å². The smallest absolute Gasteiger partial charge is 0.389 e. The topological polar surface area (TPSA) is 63.6 Å². The minimum atomic E-state index is -4.68. The van der Waals surface area contributed by atoms with Gasteiger partial charge in [-0.1, -0.05) is 0 Å². The van der Waals surface area contributed by atoms with Gasteiger partial charge in [0.05, 0.1) is 11.3 Å². The molecule has 0 radical (unpaired) electrons. The Bertz CT molecular complexity index is 520. The number of ether oxygens (including phenoxy) is 1. The molecule has 0 amide bonds. The number of hydrogen-bond donors (Lipinski definition) is 1. The van der Waals surface area contributed by atoms with Crippen molar-refractivity contribution in [2.24, 2.45) is 17.3 Å². The molecule has 1 rings (SSSR count). The summed E-state index contributed by atoms with van der Waals surface area (Å²) >= 11 is 0. The molecule has 146 valence electrons. The fourth-order valence-electron chi connectivity index (χ4n) is 2.99. The predicted molar refractivity (Wildman–Crippen MR) is 73.5 cm³/mol. The monoisotopic (exact) mass is 378 g/mol. The Balaban J connectivity index is 3.10. The maximum atomic E-state index is 12.6. The molecule has 0 aromatic carbocycles. The first-order chi connectivity index (χ1) is 11.0. The number of halogens is 6. The molecule has 1 saturated carbocycles. The van der Waals surface area contributed by atoms with Crippen LogP contribution in [0.4, 0.5) is 26.3 Å². The molecule has 4 nitrogen and oxygen atoms in total. The van der Waals surface area contributed by atoms with Gasteiger partial charge in [0.15, 0.2) is 0 Å². The second kappa shape index (κ2) is 6.68. The van der Waals surface area contributed by atoms with Crippen LogP contribution in [0.25, 0.3) is 0 Å². The predicted octanol–water partition coefficient (Wildman–Crippen LogP) is 4.33. The van der Waals surface area contributed by atoms with Crippen molar-refractivity contribution < 1.29 is 45.8 Å². The van der Waals surface area contributed by atoms with E-state index in [0.29, 0.717) is 0 Å². The van der Waals surface area contributed by atoms with Gasteiger partial charge in [0.2, 0.25) is 0 Å². The summed E-state index contributed by atoms with van der Waals surface area (Å²) < 4.78 is 80.2. The summed E-state index contributed by atoms with van der Waals surface area (Å²) in [4.78, 5) is 23.8. The SMILES string of the molecule is CC(C)(C)OC(=O)C(CCC(F)(F)F)C1(C(=O)O)C[C@H]1CC(F)(F)F. The van der Waals surface area contributed by atoms with Gasteiger partial charge in [0.25, 0.3) is 0 Å². The molecule has 0 spiro atoms. The minimum absolute atomic E-state index is 0.510. The zero-order chi connectivity index (χ0) is 19.8. The van der Waals surface area contributed by atoms with E-state index in [9.17, 15) is 41.0 Å². The Labute approximate surface area is 140 Å². The lowest BCUT2D eigenvalue weighted by Gasteiger charge is -2.28. The van der Waals surface area contributed by atoms with E-state index in [-0.39, 0.29) is 0 Å². The average Bonchev–Trinajstić information content (AvgIpc) is 2.97. The van der Waals surface area contributed by atoms with E-state index >= 15 is 0 Å². The van der Waals surface area contributed by atoms with Crippen molar-refractivity contribution in [1.82, 2.24) is 0 Å². The standard InChI is InChI=1S/C15H20F6O4/c1-12(2,3)25-10(22)9(4-5-14(16,17)18)13(11(23)24)6-8(13)7-15(19,20)21/h8-9H,4-7H2,1-3H3,(H,23,24)/t8-,9?,13?/m0/s1. The van der Waals surface area contributed by atoms with E-state index in [1.165, 1.54) is 20.8 Å². The van der Waals surface area contributed by atoms with Crippen LogP contribution in [0.3, 0.4) is 0 Å². The molecule has 10 heteroatoms. The fraction of sp³-hybridized carbons (Fsp3) is 0.867. The molecule has 1 aliphatic rings. The molecule has 1 fully saturated rings. The van der Waals surface area contributed by atoms with Crippen molar-refractivity contribution in [3.63, 3.8) is 0 Å². The van der Waals surface area contributed by atoms with E-state index in [1.54, 1.807) is 0 Å². The van der Waals surface area contributed by atoms with Gasteiger partial charge < -0.3 is 9.84 Å². The van der Waals surface area contributed by atoms with E-state index in [2.05, 4.69) is 0 Å². The second-order valence-electron chi connectivity index (χ2n) is 7.31. The molecule has 0 bridgehead atoms. The third-order valence-corrected chi connectivity index (χ3v) is 4.06. The molecule has 0 aromatic heterocycles. The highest BCUT2D eigenvalue weighted by Gasteiger charge is 2.69. The number of hydrogen-bond acceptors (Lipinski definition) is 3. The summed E-state index contributed by atoms with van der Waals surface area (Å²) in [5.41, 5.74) is -3.29. The Morgan fingerprint density at radius 1 is 1.12 bits per heavy atom. The highest BCUT2D eigenvalue weighted by molar-refractivity contribution is 5.87. The van der Waals surface area contributed by atoms with Crippen molar-refractivity contribution in [1.29, 1.82) is 0 Å². The van der Waals surface area contributed by atoms with Gasteiger partial charge in [0, 0.05) is 12.8 Å². The van der Waals surface area contributed by atoms with E-state index in [4.69, 9.17) is 4.74 Å². The summed E-state index contributed by atoms with van der Waals surface area (Å²) in [7, 11) is 0. The Morgan fingerprint density at radius 2 is 1.64 bits per heavy atom. The first-order valence-electron chi connectivity index (χ1n) is 7.58. The molecule has 1 aliphatic carbocycles. The molecule has 0 aliphatic heterocycles. The molecule has 1 N–H and O–H groups in total. The van der Waals surface area contributed by atoms with Gasteiger partial charge in [-0.15, -0.1) is 0 Å². The fourth-order valence-corrected chi connectivity index (χ4v) is 2.99. The summed E-state index contributed by atoms with van der Waals surface area (Å²) in [5, 5.41) is 9.36. The summed E-state index contributed by atoms with van der Waals surface area (Å²) in [6.07, 6.45) is -13.7. The summed E-state index contributed by atoms with van der Waals surface area (Å²) in [5.74, 6) is -6.17. The van der Waals surface area contributed by atoms with Gasteiger partial charge in [-0.05, 0) is 39.5 Å². The van der Waals surface area contributed by atoms with Crippen LogP contribution < -0.4 is 0 Å². The number of carbonyl (C=O) groups excluding carboxylic acids is 1. The molecular formula is C15H20F6O4. The first kappa shape index (κ1) is 21.6. The number of aliphatic carboxylic acids is 1. The van der Waals surface area contributed by atoms with Crippen LogP contribution >= 0.6 is 0 Å². The quantitative estimate of drug-likeness (QED) is 0.552. The van der Waals surface area contributed by atoms with Crippen molar-refractivity contribution in [3.8, 4) is 0 Å². The van der Waals surface area contributed by atoms with Crippen LogP contribution in [0.15, 0.2) is 0 Å². The molecule has 3 atom stereocenters. The van der Waals surface area contributed by atoms with Crippen molar-refractivity contribution in [2.75, 3.05) is 0 Å². The number of alkyl halides is 6. The van der Waals surface area contributed by atoms with E-state index in [0.717, 1.165) is 0 Å². The third-order valence-electron chi connectivity index (χ3n) is 4.06. The van der Waals surface area contributed by atoms with Gasteiger partial charge in [0.1, 0.15) is 5.60 Å². The van der Waals surface area contributed by atoms with Gasteiger partial charge in [-0.25, -0.2) is 0 Å². The van der Waals surface area contributed by atoms with Gasteiger partial charge >= 0.3 is 24.3 Å². The summed E-state index contributed by atoms with van der Waals surface area (Å²) in [6.45, 7) is 4.29. The molecular weight excluding hydrogens is 358 g/mol. The zero-order valence-electron chi connectivity index (χ0n) is 13.9. The lowest BCUT2D eigenvalue weighted by molar-refractivity contribution is -0.175. The van der Waals surface area contributed by atoms with Crippen molar-refractivity contribution >= 4 is 11.9 Å². The third kappa shape index (κ3) is 6.07.